The van der Waals surface area contributed by atoms with Crippen LogP contribution >= 0.6 is 0 Å². The number of carbonyl (C=O) groups is 1. The van der Waals surface area contributed by atoms with Crippen LogP contribution in [0.5, 0.6) is 17.2 Å². The smallest absolute Gasteiger partial charge is 0.270 e. The van der Waals surface area contributed by atoms with Gasteiger partial charge in [-0.2, -0.15) is 0 Å². The second-order valence-corrected chi connectivity index (χ2v) is 7.12. The predicted molar refractivity (Wildman–Crippen MR) is 123 cm³/mol. The molecule has 0 saturated carbocycles. The fourth-order valence-corrected chi connectivity index (χ4v) is 3.25. The molecule has 0 bridgehead atoms. The Kier molecular flexibility index (Phi) is 6.82. The maximum atomic E-state index is 12.1. The van der Waals surface area contributed by atoms with E-state index in [9.17, 15) is 4.79 Å². The molecular weight excluding hydrogens is 404 g/mol. The zero-order valence-electron chi connectivity index (χ0n) is 17.8. The number of nitrogens with zero attached hydrogens (tertiary/aromatic N) is 1. The molecule has 1 N–H and O–H groups in total. The van der Waals surface area contributed by atoms with Crippen LogP contribution in [0, 0.1) is 0 Å². The van der Waals surface area contributed by atoms with E-state index in [1.165, 1.54) is 0 Å². The van der Waals surface area contributed by atoms with Crippen molar-refractivity contribution in [3.05, 3.63) is 96.3 Å². The fraction of sp³-hybridized carbons (Fsp3) is 0.154. The second kappa shape index (κ2) is 10.3. The van der Waals surface area contributed by atoms with Crippen molar-refractivity contribution in [3.63, 3.8) is 0 Å². The van der Waals surface area contributed by atoms with Gasteiger partial charge in [-0.25, -0.2) is 0 Å². The van der Waals surface area contributed by atoms with E-state index >= 15 is 0 Å². The number of hydrogen-bond donors (Lipinski definition) is 1. The fourth-order valence-electron chi connectivity index (χ4n) is 3.25. The van der Waals surface area contributed by atoms with Gasteiger partial charge in [0.05, 0.1) is 7.11 Å². The van der Waals surface area contributed by atoms with Gasteiger partial charge >= 0.3 is 0 Å². The van der Waals surface area contributed by atoms with Crippen molar-refractivity contribution in [1.82, 2.24) is 10.3 Å². The third-order valence-corrected chi connectivity index (χ3v) is 4.89. The van der Waals surface area contributed by atoms with Crippen molar-refractivity contribution in [3.8, 4) is 17.2 Å². The van der Waals surface area contributed by atoms with Crippen LogP contribution in [0.1, 0.15) is 16.1 Å². The van der Waals surface area contributed by atoms with Crippen LogP contribution in [0.15, 0.2) is 85.1 Å². The first kappa shape index (κ1) is 21.2. The molecular formula is C26H24N2O4. The third-order valence-electron chi connectivity index (χ3n) is 4.89. The van der Waals surface area contributed by atoms with Crippen LogP contribution in [0.25, 0.3) is 10.8 Å². The van der Waals surface area contributed by atoms with E-state index in [0.717, 1.165) is 33.6 Å². The Morgan fingerprint density at radius 3 is 2.25 bits per heavy atom. The summed E-state index contributed by atoms with van der Waals surface area (Å²) >= 11 is 0. The summed E-state index contributed by atoms with van der Waals surface area (Å²) in [4.78, 5) is 16.2. The first-order valence-electron chi connectivity index (χ1n) is 10.3. The maximum absolute atomic E-state index is 12.1. The number of hydrogen-bond acceptors (Lipinski definition) is 5. The number of nitrogens with one attached hydrogen (secondary N) is 1. The quantitative estimate of drug-likeness (QED) is 0.394. The zero-order valence-corrected chi connectivity index (χ0v) is 17.8. The SMILES string of the molecule is COc1ccc2cc(OCCOc3cccc(CNC(=O)c4ccccn4)c3)ccc2c1. The summed E-state index contributed by atoms with van der Waals surface area (Å²) in [5, 5.41) is 5.05. The number of carbonyl (C=O) groups excluding carboxylic acids is 1. The molecule has 6 heteroatoms. The van der Waals surface area contributed by atoms with Crippen LogP contribution < -0.4 is 19.5 Å². The minimum Gasteiger partial charge on any atom is -0.497 e. The molecule has 0 radical (unpaired) electrons. The third kappa shape index (κ3) is 5.55. The van der Waals surface area contributed by atoms with Gasteiger partial charge in [0, 0.05) is 12.7 Å². The molecule has 0 aliphatic carbocycles. The Morgan fingerprint density at radius 1 is 0.812 bits per heavy atom. The molecule has 1 aromatic heterocycles. The molecule has 4 aromatic rings. The lowest BCUT2D eigenvalue weighted by Crippen LogP contribution is -2.23. The molecule has 6 nitrogen and oxygen atoms in total. The van der Waals surface area contributed by atoms with Gasteiger partial charge in [-0.3, -0.25) is 9.78 Å². The van der Waals surface area contributed by atoms with Crippen LogP contribution in [0.2, 0.25) is 0 Å². The lowest BCUT2D eigenvalue weighted by atomic mass is 10.1. The summed E-state index contributed by atoms with van der Waals surface area (Å²) in [5.41, 5.74) is 1.34. The van der Waals surface area contributed by atoms with Crippen LogP contribution in [0.4, 0.5) is 0 Å². The van der Waals surface area contributed by atoms with Crippen molar-refractivity contribution in [1.29, 1.82) is 0 Å². The van der Waals surface area contributed by atoms with Gasteiger partial charge < -0.3 is 19.5 Å². The minimum absolute atomic E-state index is 0.209. The van der Waals surface area contributed by atoms with Gasteiger partial charge in [-0.1, -0.05) is 30.3 Å². The molecule has 32 heavy (non-hydrogen) atoms. The second-order valence-electron chi connectivity index (χ2n) is 7.12. The molecule has 1 amide bonds. The number of ether oxygens (including phenoxy) is 3. The highest BCUT2D eigenvalue weighted by Gasteiger charge is 2.06. The van der Waals surface area contributed by atoms with Gasteiger partial charge in [0.1, 0.15) is 36.2 Å². The average Bonchev–Trinajstić information content (AvgIpc) is 2.85. The molecule has 162 valence electrons. The molecule has 0 unspecified atom stereocenters. The summed E-state index contributed by atoms with van der Waals surface area (Å²) in [6.07, 6.45) is 1.60. The monoisotopic (exact) mass is 428 g/mol. The summed E-state index contributed by atoms with van der Waals surface area (Å²) in [7, 11) is 1.66. The van der Waals surface area contributed by atoms with Crippen molar-refractivity contribution >= 4 is 16.7 Å². The zero-order chi connectivity index (χ0) is 22.2. The summed E-state index contributed by atoms with van der Waals surface area (Å²) in [6, 6.07) is 24.7. The molecule has 0 atom stereocenters. The van der Waals surface area contributed by atoms with Gasteiger partial charge in [-0.05, 0) is 64.9 Å². The maximum Gasteiger partial charge on any atom is 0.270 e. The number of fused-ring (bicyclic) bond motifs is 1. The average molecular weight is 428 g/mol. The Hall–Kier alpha value is -4.06. The summed E-state index contributed by atoms with van der Waals surface area (Å²) in [6.45, 7) is 1.22. The van der Waals surface area contributed by atoms with Crippen molar-refractivity contribution in [2.75, 3.05) is 20.3 Å². The lowest BCUT2D eigenvalue weighted by Gasteiger charge is -2.11. The highest BCUT2D eigenvalue weighted by Crippen LogP contribution is 2.25. The van der Waals surface area contributed by atoms with E-state index in [4.69, 9.17) is 14.2 Å². The molecule has 1 heterocycles. The Morgan fingerprint density at radius 2 is 1.53 bits per heavy atom. The van der Waals surface area contributed by atoms with Gasteiger partial charge in [0.2, 0.25) is 0 Å². The highest BCUT2D eigenvalue weighted by molar-refractivity contribution is 5.92. The van der Waals surface area contributed by atoms with E-state index < -0.39 is 0 Å². The highest BCUT2D eigenvalue weighted by atomic mass is 16.5. The molecule has 0 fully saturated rings. The lowest BCUT2D eigenvalue weighted by molar-refractivity contribution is 0.0946. The van der Waals surface area contributed by atoms with E-state index in [1.54, 1.807) is 31.5 Å². The molecule has 4 rings (SSSR count). The topological polar surface area (TPSA) is 69.7 Å². The van der Waals surface area contributed by atoms with Crippen molar-refractivity contribution < 1.29 is 19.0 Å². The number of aromatic nitrogens is 1. The first-order valence-corrected chi connectivity index (χ1v) is 10.3. The minimum atomic E-state index is -0.209. The largest absolute Gasteiger partial charge is 0.497 e. The van der Waals surface area contributed by atoms with E-state index in [0.29, 0.717) is 25.5 Å². The van der Waals surface area contributed by atoms with Crippen LogP contribution in [0.3, 0.4) is 0 Å². The number of methoxy groups -OCH3 is 1. The summed E-state index contributed by atoms with van der Waals surface area (Å²) < 4.78 is 16.9. The predicted octanol–water partition coefficient (Wildman–Crippen LogP) is 4.63. The van der Waals surface area contributed by atoms with E-state index in [1.807, 2.05) is 60.7 Å². The van der Waals surface area contributed by atoms with Gasteiger partial charge in [0.15, 0.2) is 0 Å². The van der Waals surface area contributed by atoms with Crippen molar-refractivity contribution in [2.45, 2.75) is 6.54 Å². The Bertz CT molecular complexity index is 1190. The van der Waals surface area contributed by atoms with Crippen LogP contribution in [-0.4, -0.2) is 31.2 Å². The van der Waals surface area contributed by atoms with Gasteiger partial charge in [0.25, 0.3) is 5.91 Å². The Balaban J connectivity index is 1.25. The number of amides is 1. The molecule has 0 aliphatic rings. The van der Waals surface area contributed by atoms with Gasteiger partial charge in [-0.15, -0.1) is 0 Å². The summed E-state index contributed by atoms with van der Waals surface area (Å²) in [5.74, 6) is 2.14. The van der Waals surface area contributed by atoms with E-state index in [-0.39, 0.29) is 5.91 Å². The number of benzene rings is 3. The molecule has 0 aliphatic heterocycles. The van der Waals surface area contributed by atoms with Crippen molar-refractivity contribution in [2.24, 2.45) is 0 Å². The molecule has 3 aromatic carbocycles. The molecule has 0 spiro atoms. The normalized spacial score (nSPS) is 10.5. The van der Waals surface area contributed by atoms with E-state index in [2.05, 4.69) is 10.3 Å². The standard InChI is InChI=1S/C26H24N2O4/c1-30-22-10-8-21-17-24(11-9-20(21)16-22)32-14-13-31-23-6-4-5-19(15-23)18-28-26(29)25-7-2-3-12-27-25/h2-12,15-17H,13-14,18H2,1H3,(H,28,29). The molecule has 0 saturated heterocycles. The Labute approximate surface area is 186 Å². The van der Waals surface area contributed by atoms with Crippen LogP contribution in [-0.2, 0) is 6.54 Å². The number of rotatable bonds is 9. The first-order chi connectivity index (χ1) is 15.7. The number of pyridine rings is 1.